The molecule has 0 bridgehead atoms. The number of rotatable bonds is 2. The summed E-state index contributed by atoms with van der Waals surface area (Å²) in [6.45, 7) is 4.67. The fourth-order valence-electron chi connectivity index (χ4n) is 0.772. The molecule has 0 spiro atoms. The van der Waals surface area contributed by atoms with Gasteiger partial charge in [-0.2, -0.15) is 4.28 Å². The highest BCUT2D eigenvalue weighted by atomic mass is 32.2. The monoisotopic (exact) mass is 192 g/mol. The lowest BCUT2D eigenvalue weighted by molar-refractivity contribution is 0.268. The lowest BCUT2D eigenvalue weighted by atomic mass is 10.2. The van der Waals surface area contributed by atoms with E-state index in [9.17, 15) is 4.21 Å². The van der Waals surface area contributed by atoms with E-state index < -0.39 is 11.3 Å². The largest absolute Gasteiger partial charge is 0.310 e. The van der Waals surface area contributed by atoms with Gasteiger partial charge in [-0.1, -0.05) is 13.8 Å². The molecule has 0 aromatic rings. The minimum absolute atomic E-state index is 0.307. The second-order valence-corrected chi connectivity index (χ2v) is 3.65. The fourth-order valence-corrected chi connectivity index (χ4v) is 1.24. The molecule has 3 N–H and O–H groups in total. The molecule has 0 saturated heterocycles. The number of nitrogens with two attached hydrogens (primary N) is 1. The Balaban J connectivity index is 2.47. The number of guanidine groups is 1. The quantitative estimate of drug-likeness (QED) is 0.446. The summed E-state index contributed by atoms with van der Waals surface area (Å²) in [5, 5.41) is 1.37. The van der Waals surface area contributed by atoms with Crippen LogP contribution in [0.2, 0.25) is 0 Å². The Morgan fingerprint density at radius 2 is 2.50 bits per heavy atom. The van der Waals surface area contributed by atoms with Gasteiger partial charge in [-0.15, -0.1) is 4.40 Å². The van der Waals surface area contributed by atoms with Gasteiger partial charge in [0.1, 0.15) is 0 Å². The van der Waals surface area contributed by atoms with Crippen LogP contribution in [0.3, 0.4) is 0 Å². The van der Waals surface area contributed by atoms with Crippen LogP contribution < -0.4 is 11.3 Å². The Labute approximate surface area is 73.5 Å². The van der Waals surface area contributed by atoms with E-state index in [1.54, 1.807) is 0 Å². The van der Waals surface area contributed by atoms with E-state index in [4.69, 9.17) is 5.84 Å². The first kappa shape index (κ1) is 9.43. The third-order valence-electron chi connectivity index (χ3n) is 1.20. The molecular formula is C5H12N4O2S. The normalized spacial score (nSPS) is 22.3. The van der Waals surface area contributed by atoms with Crippen molar-refractivity contribution in [2.45, 2.75) is 13.8 Å². The number of hydrogen-bond acceptors (Lipinski definition) is 5. The molecule has 0 radical (unpaired) electrons. The average molecular weight is 192 g/mol. The molecule has 0 amide bonds. The number of nitrogens with one attached hydrogen (secondary N) is 1. The van der Waals surface area contributed by atoms with Gasteiger partial charge in [0, 0.05) is 6.54 Å². The predicted molar refractivity (Wildman–Crippen MR) is 45.5 cm³/mol. The van der Waals surface area contributed by atoms with Crippen LogP contribution >= 0.6 is 0 Å². The van der Waals surface area contributed by atoms with Gasteiger partial charge in [0.05, 0.1) is 0 Å². The molecule has 0 saturated carbocycles. The molecule has 0 aromatic carbocycles. The van der Waals surface area contributed by atoms with E-state index in [-0.39, 0.29) is 0 Å². The van der Waals surface area contributed by atoms with Crippen molar-refractivity contribution >= 4 is 17.2 Å². The predicted octanol–water partition coefficient (Wildman–Crippen LogP) is -0.712. The first-order valence-electron chi connectivity index (χ1n) is 3.55. The maximum atomic E-state index is 10.6. The average Bonchev–Trinajstić information content (AvgIpc) is 2.34. The molecule has 0 fully saturated rings. The summed E-state index contributed by atoms with van der Waals surface area (Å²) in [5.74, 6) is 6.29. The minimum Gasteiger partial charge on any atom is -0.278 e. The Hall–Kier alpha value is -0.660. The van der Waals surface area contributed by atoms with Gasteiger partial charge < -0.3 is 0 Å². The molecule has 12 heavy (non-hydrogen) atoms. The lowest BCUT2D eigenvalue weighted by Crippen LogP contribution is -2.45. The summed E-state index contributed by atoms with van der Waals surface area (Å²) < 4.78 is 18.7. The zero-order chi connectivity index (χ0) is 9.14. The van der Waals surface area contributed by atoms with Crippen molar-refractivity contribution in [2.75, 3.05) is 6.54 Å². The van der Waals surface area contributed by atoms with Crippen LogP contribution in [0.5, 0.6) is 0 Å². The molecule has 70 valence electrons. The third-order valence-corrected chi connectivity index (χ3v) is 1.75. The van der Waals surface area contributed by atoms with E-state index in [0.717, 1.165) is 0 Å². The van der Waals surface area contributed by atoms with Crippen LogP contribution in [0.4, 0.5) is 0 Å². The van der Waals surface area contributed by atoms with Crippen LogP contribution in [0, 0.1) is 5.92 Å². The Morgan fingerprint density at radius 3 is 2.92 bits per heavy atom. The standard InChI is InChI=1S/C5H12N4O2S/c1-4(2)3-9(6)5-7-11-12(10)8-5/h4H,3,6H2,1-2H3,(H,7,8). The van der Waals surface area contributed by atoms with E-state index in [0.29, 0.717) is 18.4 Å². The number of hydrogen-bond donors (Lipinski definition) is 2. The maximum absolute atomic E-state index is 10.6. The smallest absolute Gasteiger partial charge is 0.278 e. The van der Waals surface area contributed by atoms with Crippen molar-refractivity contribution in [3.63, 3.8) is 0 Å². The van der Waals surface area contributed by atoms with Crippen LogP contribution in [0.25, 0.3) is 0 Å². The van der Waals surface area contributed by atoms with Gasteiger partial charge in [-0.3, -0.25) is 5.01 Å². The van der Waals surface area contributed by atoms with Crippen molar-refractivity contribution in [3.8, 4) is 0 Å². The Bertz CT molecular complexity index is 217. The summed E-state index contributed by atoms with van der Waals surface area (Å²) in [6.07, 6.45) is 0. The highest BCUT2D eigenvalue weighted by Crippen LogP contribution is 2.00. The van der Waals surface area contributed by atoms with Gasteiger partial charge in [0.25, 0.3) is 0 Å². The SMILES string of the molecule is CC(C)CN(N)C1=NS(=O)ON1. The molecule has 7 heteroatoms. The highest BCUT2D eigenvalue weighted by Gasteiger charge is 2.17. The van der Waals surface area contributed by atoms with E-state index in [1.807, 2.05) is 13.8 Å². The van der Waals surface area contributed by atoms with Gasteiger partial charge in [0.15, 0.2) is 0 Å². The minimum atomic E-state index is -1.63. The lowest BCUT2D eigenvalue weighted by Gasteiger charge is -2.18. The first-order valence-corrected chi connectivity index (χ1v) is 4.59. The number of nitrogens with zero attached hydrogens (tertiary/aromatic N) is 2. The Morgan fingerprint density at radius 1 is 1.83 bits per heavy atom. The summed E-state index contributed by atoms with van der Waals surface area (Å²) >= 11 is -1.63. The zero-order valence-electron chi connectivity index (χ0n) is 6.98. The topological polar surface area (TPSA) is 80.0 Å². The van der Waals surface area contributed by atoms with Crippen LogP contribution in [0.15, 0.2) is 4.40 Å². The zero-order valence-corrected chi connectivity index (χ0v) is 7.80. The number of hydrazine groups is 1. The molecule has 1 unspecified atom stereocenters. The fraction of sp³-hybridized carbons (Fsp3) is 0.800. The van der Waals surface area contributed by atoms with E-state index >= 15 is 0 Å². The molecule has 0 aromatic heterocycles. The van der Waals surface area contributed by atoms with E-state index in [1.165, 1.54) is 5.01 Å². The molecule has 1 atom stereocenters. The summed E-state index contributed by atoms with van der Waals surface area (Å²) in [4.78, 5) is 0. The summed E-state index contributed by atoms with van der Waals surface area (Å²) in [5.41, 5.74) is 2.36. The molecule has 0 aliphatic carbocycles. The van der Waals surface area contributed by atoms with Gasteiger partial charge in [-0.25, -0.2) is 15.5 Å². The van der Waals surface area contributed by atoms with Crippen LogP contribution in [-0.4, -0.2) is 21.7 Å². The number of hydroxylamine groups is 1. The molecule has 1 aliphatic rings. The van der Waals surface area contributed by atoms with Crippen molar-refractivity contribution in [1.29, 1.82) is 0 Å². The molecule has 1 aliphatic heterocycles. The summed E-state index contributed by atoms with van der Waals surface area (Å²) in [6, 6.07) is 0. The third kappa shape index (κ3) is 2.43. The van der Waals surface area contributed by atoms with Crippen molar-refractivity contribution < 1.29 is 8.49 Å². The molecule has 1 rings (SSSR count). The van der Waals surface area contributed by atoms with Crippen molar-refractivity contribution in [2.24, 2.45) is 16.2 Å². The second-order valence-electron chi connectivity index (χ2n) is 2.86. The molecular weight excluding hydrogens is 180 g/mol. The van der Waals surface area contributed by atoms with Crippen molar-refractivity contribution in [1.82, 2.24) is 10.5 Å². The Kier molecular flexibility index (Phi) is 3.01. The maximum Gasteiger partial charge on any atom is 0.310 e. The van der Waals surface area contributed by atoms with E-state index in [2.05, 4.69) is 14.2 Å². The van der Waals surface area contributed by atoms with Gasteiger partial charge in [-0.05, 0) is 5.92 Å². The van der Waals surface area contributed by atoms with Crippen molar-refractivity contribution in [3.05, 3.63) is 0 Å². The second kappa shape index (κ2) is 3.83. The van der Waals surface area contributed by atoms with Crippen LogP contribution in [0.1, 0.15) is 13.8 Å². The first-order chi connectivity index (χ1) is 5.59. The summed E-state index contributed by atoms with van der Waals surface area (Å²) in [7, 11) is 0. The van der Waals surface area contributed by atoms with Gasteiger partial charge in [0.2, 0.25) is 5.96 Å². The molecule has 6 nitrogen and oxygen atoms in total. The van der Waals surface area contributed by atoms with Crippen LogP contribution in [-0.2, 0) is 15.6 Å². The molecule has 1 heterocycles. The highest BCUT2D eigenvalue weighted by molar-refractivity contribution is 7.79. The van der Waals surface area contributed by atoms with Gasteiger partial charge >= 0.3 is 11.3 Å².